The van der Waals surface area contributed by atoms with E-state index in [4.69, 9.17) is 9.15 Å². The fourth-order valence-electron chi connectivity index (χ4n) is 4.67. The number of ether oxygens (including phenoxy) is 1. The van der Waals surface area contributed by atoms with E-state index in [9.17, 15) is 4.79 Å². The fourth-order valence-corrected chi connectivity index (χ4v) is 4.67. The van der Waals surface area contributed by atoms with Gasteiger partial charge in [-0.3, -0.25) is 9.69 Å². The summed E-state index contributed by atoms with van der Waals surface area (Å²) in [5.74, 6) is 2.31. The number of fused-ring (bicyclic) bond motifs is 1. The summed E-state index contributed by atoms with van der Waals surface area (Å²) < 4.78 is 12.9. The Hall–Kier alpha value is -4.24. The number of benzene rings is 2. The SMILES string of the molecule is CC[C@H](c1nnnn1CCc1ccccc1)N(Cc1ccco1)Cc1cc2cc(OC)ccc2[nH]c1=O. The number of nitrogens with one attached hydrogen (secondary N) is 1. The molecule has 5 aromatic rings. The molecule has 0 saturated heterocycles. The number of rotatable bonds is 11. The molecule has 0 radical (unpaired) electrons. The highest BCUT2D eigenvalue weighted by molar-refractivity contribution is 5.80. The third-order valence-electron chi connectivity index (χ3n) is 6.58. The molecule has 0 fully saturated rings. The van der Waals surface area contributed by atoms with Gasteiger partial charge in [0.05, 0.1) is 26.0 Å². The van der Waals surface area contributed by atoms with Gasteiger partial charge in [0.25, 0.3) is 5.56 Å². The van der Waals surface area contributed by atoms with E-state index in [1.54, 1.807) is 13.4 Å². The number of H-pyrrole nitrogens is 1. The van der Waals surface area contributed by atoms with Gasteiger partial charge >= 0.3 is 0 Å². The van der Waals surface area contributed by atoms with E-state index < -0.39 is 0 Å². The van der Waals surface area contributed by atoms with Crippen molar-refractivity contribution >= 4 is 10.9 Å². The van der Waals surface area contributed by atoms with E-state index in [1.165, 1.54) is 5.56 Å². The molecular weight excluding hydrogens is 468 g/mol. The third-order valence-corrected chi connectivity index (χ3v) is 6.58. The zero-order valence-corrected chi connectivity index (χ0v) is 21.0. The predicted molar refractivity (Wildman–Crippen MR) is 140 cm³/mol. The van der Waals surface area contributed by atoms with E-state index in [-0.39, 0.29) is 11.6 Å². The molecule has 5 rings (SSSR count). The summed E-state index contributed by atoms with van der Waals surface area (Å²) in [4.78, 5) is 18.3. The molecule has 0 unspecified atom stereocenters. The summed E-state index contributed by atoms with van der Waals surface area (Å²) in [5.41, 5.74) is 2.52. The largest absolute Gasteiger partial charge is 0.497 e. The van der Waals surface area contributed by atoms with Crippen molar-refractivity contribution in [3.05, 3.63) is 106 Å². The number of methoxy groups -OCH3 is 1. The van der Waals surface area contributed by atoms with Crippen LogP contribution in [0.15, 0.2) is 82.2 Å². The number of pyridine rings is 1. The third kappa shape index (κ3) is 5.62. The van der Waals surface area contributed by atoms with Crippen molar-refractivity contribution in [2.24, 2.45) is 0 Å². The standard InChI is InChI=1S/C28H30N6O3/c1-3-26(27-30-31-32-34(27)14-13-20-8-5-4-6-9-20)33(19-24-10-7-15-37-24)18-22-16-21-17-23(36-2)11-12-25(21)29-28(22)35/h4-12,15-17,26H,3,13-14,18-19H2,1-2H3,(H,29,35)/t26-/m1/s1. The van der Waals surface area contributed by atoms with Crippen molar-refractivity contribution in [3.8, 4) is 5.75 Å². The number of furan rings is 1. The van der Waals surface area contributed by atoms with Crippen LogP contribution in [0.25, 0.3) is 10.9 Å². The minimum Gasteiger partial charge on any atom is -0.497 e. The van der Waals surface area contributed by atoms with Crippen LogP contribution in [0, 0.1) is 0 Å². The molecule has 0 saturated carbocycles. The van der Waals surface area contributed by atoms with Crippen molar-refractivity contribution in [2.45, 2.75) is 45.4 Å². The Morgan fingerprint density at radius 2 is 1.95 bits per heavy atom. The van der Waals surface area contributed by atoms with Crippen LogP contribution in [0.2, 0.25) is 0 Å². The molecule has 0 aliphatic rings. The Bertz CT molecular complexity index is 1490. The average Bonchev–Trinajstić information content (AvgIpc) is 3.61. The first-order valence-corrected chi connectivity index (χ1v) is 12.4. The molecule has 3 aromatic heterocycles. The van der Waals surface area contributed by atoms with Gasteiger partial charge in [0, 0.05) is 29.6 Å². The number of nitrogens with zero attached hydrogens (tertiary/aromatic N) is 5. The minimum atomic E-state index is -0.128. The Balaban J connectivity index is 1.46. The van der Waals surface area contributed by atoms with Crippen molar-refractivity contribution < 1.29 is 9.15 Å². The molecule has 0 aliphatic carbocycles. The Labute approximate surface area is 214 Å². The quantitative estimate of drug-likeness (QED) is 0.286. The molecule has 37 heavy (non-hydrogen) atoms. The maximum atomic E-state index is 13.1. The van der Waals surface area contributed by atoms with E-state index >= 15 is 0 Å². The smallest absolute Gasteiger partial charge is 0.252 e. The van der Waals surface area contributed by atoms with Crippen molar-refractivity contribution in [2.75, 3.05) is 7.11 Å². The van der Waals surface area contributed by atoms with Gasteiger partial charge in [-0.2, -0.15) is 0 Å². The maximum Gasteiger partial charge on any atom is 0.252 e. The van der Waals surface area contributed by atoms with Gasteiger partial charge in [-0.1, -0.05) is 37.3 Å². The van der Waals surface area contributed by atoms with Gasteiger partial charge in [-0.25, -0.2) is 4.68 Å². The van der Waals surface area contributed by atoms with Gasteiger partial charge in [-0.05, 0) is 65.2 Å². The number of aromatic nitrogens is 5. The number of aromatic amines is 1. The Morgan fingerprint density at radius 1 is 1.08 bits per heavy atom. The molecule has 2 aromatic carbocycles. The Kier molecular flexibility index (Phi) is 7.41. The molecule has 1 N–H and O–H groups in total. The molecular formula is C28H30N6O3. The van der Waals surface area contributed by atoms with Gasteiger partial charge in [0.1, 0.15) is 11.5 Å². The lowest BCUT2D eigenvalue weighted by Gasteiger charge is -2.29. The number of hydrogen-bond acceptors (Lipinski definition) is 7. The summed E-state index contributed by atoms with van der Waals surface area (Å²) >= 11 is 0. The molecule has 0 bridgehead atoms. The van der Waals surface area contributed by atoms with Crippen molar-refractivity contribution in [1.29, 1.82) is 0 Å². The van der Waals surface area contributed by atoms with Crippen LogP contribution in [0.4, 0.5) is 0 Å². The fraction of sp³-hybridized carbons (Fsp3) is 0.286. The second kappa shape index (κ2) is 11.2. The van der Waals surface area contributed by atoms with Crippen molar-refractivity contribution in [1.82, 2.24) is 30.1 Å². The summed E-state index contributed by atoms with van der Waals surface area (Å²) in [6, 6.07) is 21.5. The molecule has 0 amide bonds. The normalized spacial score (nSPS) is 12.3. The first kappa shape index (κ1) is 24.5. The second-order valence-electron chi connectivity index (χ2n) is 8.98. The highest BCUT2D eigenvalue weighted by Crippen LogP contribution is 2.27. The summed E-state index contributed by atoms with van der Waals surface area (Å²) in [7, 11) is 1.63. The maximum absolute atomic E-state index is 13.1. The van der Waals surface area contributed by atoms with Crippen LogP contribution in [0.1, 0.15) is 42.1 Å². The first-order chi connectivity index (χ1) is 18.1. The molecule has 1 atom stereocenters. The van der Waals surface area contributed by atoms with E-state index in [0.717, 1.165) is 41.1 Å². The van der Waals surface area contributed by atoms with E-state index in [1.807, 2.05) is 59.3 Å². The summed E-state index contributed by atoms with van der Waals surface area (Å²) in [6.07, 6.45) is 3.24. The van der Waals surface area contributed by atoms with Gasteiger partial charge in [0.15, 0.2) is 5.82 Å². The van der Waals surface area contributed by atoms with Gasteiger partial charge < -0.3 is 14.1 Å². The lowest BCUT2D eigenvalue weighted by Crippen LogP contribution is -2.32. The van der Waals surface area contributed by atoms with Crippen LogP contribution in [-0.4, -0.2) is 37.2 Å². The topological polar surface area (TPSA) is 102 Å². The van der Waals surface area contributed by atoms with E-state index in [0.29, 0.717) is 25.2 Å². The minimum absolute atomic E-state index is 0.124. The van der Waals surface area contributed by atoms with Gasteiger partial charge in [-0.15, -0.1) is 5.10 Å². The van der Waals surface area contributed by atoms with Crippen LogP contribution < -0.4 is 10.3 Å². The van der Waals surface area contributed by atoms with Crippen LogP contribution >= 0.6 is 0 Å². The van der Waals surface area contributed by atoms with Crippen LogP contribution in [0.3, 0.4) is 0 Å². The van der Waals surface area contributed by atoms with Crippen molar-refractivity contribution in [3.63, 3.8) is 0 Å². The average molecular weight is 499 g/mol. The molecule has 190 valence electrons. The lowest BCUT2D eigenvalue weighted by molar-refractivity contribution is 0.148. The lowest BCUT2D eigenvalue weighted by atomic mass is 10.1. The highest BCUT2D eigenvalue weighted by atomic mass is 16.5. The molecule has 9 heteroatoms. The molecule has 9 nitrogen and oxygen atoms in total. The first-order valence-electron chi connectivity index (χ1n) is 12.4. The number of aryl methyl sites for hydroxylation is 2. The van der Waals surface area contributed by atoms with E-state index in [2.05, 4.69) is 44.5 Å². The van der Waals surface area contributed by atoms with Gasteiger partial charge in [0.2, 0.25) is 0 Å². The molecule has 0 spiro atoms. The highest BCUT2D eigenvalue weighted by Gasteiger charge is 2.26. The summed E-state index contributed by atoms with van der Waals surface area (Å²) in [5, 5.41) is 13.6. The Morgan fingerprint density at radius 3 is 2.70 bits per heavy atom. The molecule has 0 aliphatic heterocycles. The zero-order chi connectivity index (χ0) is 25.6. The second-order valence-corrected chi connectivity index (χ2v) is 8.98. The zero-order valence-electron chi connectivity index (χ0n) is 21.0. The monoisotopic (exact) mass is 498 g/mol. The number of hydrogen-bond donors (Lipinski definition) is 1. The molecule has 3 heterocycles. The van der Waals surface area contributed by atoms with Crippen LogP contribution in [0.5, 0.6) is 5.75 Å². The summed E-state index contributed by atoms with van der Waals surface area (Å²) in [6.45, 7) is 3.67. The number of tetrazole rings is 1. The van der Waals surface area contributed by atoms with Crippen LogP contribution in [-0.2, 0) is 26.1 Å². The predicted octanol–water partition coefficient (Wildman–Crippen LogP) is 4.51.